The predicted octanol–water partition coefficient (Wildman–Crippen LogP) is 2.71. The second-order valence-corrected chi connectivity index (χ2v) is 8.60. The molecule has 1 aromatic rings. The van der Waals surface area contributed by atoms with Gasteiger partial charge in [0, 0.05) is 57.9 Å². The van der Waals surface area contributed by atoms with Crippen LogP contribution < -0.4 is 20.1 Å². The number of nitrogens with zero attached hydrogens (tertiary/aromatic N) is 3. The fourth-order valence-corrected chi connectivity index (χ4v) is 4.46. The van der Waals surface area contributed by atoms with Gasteiger partial charge in [0.25, 0.3) is 0 Å². The summed E-state index contributed by atoms with van der Waals surface area (Å²) in [7, 11) is 3.53. The number of methoxy groups -OCH3 is 1. The van der Waals surface area contributed by atoms with Crippen LogP contribution in [0.3, 0.4) is 0 Å². The summed E-state index contributed by atoms with van der Waals surface area (Å²) in [5.74, 6) is 2.48. The second kappa shape index (κ2) is 12.2. The Kier molecular flexibility index (Phi) is 9.28. The number of aliphatic imine (C=N–C) groups is 1. The van der Waals surface area contributed by atoms with Crippen LogP contribution in [0.2, 0.25) is 0 Å². The van der Waals surface area contributed by atoms with Gasteiger partial charge in [0.2, 0.25) is 0 Å². The number of benzene rings is 1. The molecule has 31 heavy (non-hydrogen) atoms. The van der Waals surface area contributed by atoms with E-state index in [1.54, 1.807) is 7.11 Å². The zero-order valence-electron chi connectivity index (χ0n) is 19.8. The highest BCUT2D eigenvalue weighted by atomic mass is 16.5. The molecule has 3 rings (SSSR count). The van der Waals surface area contributed by atoms with Gasteiger partial charge >= 0.3 is 0 Å². The zero-order valence-corrected chi connectivity index (χ0v) is 19.8. The number of ether oxygens (including phenoxy) is 2. The van der Waals surface area contributed by atoms with Crippen molar-refractivity contribution in [2.24, 2.45) is 4.99 Å². The predicted molar refractivity (Wildman–Crippen MR) is 127 cm³/mol. The Morgan fingerprint density at radius 3 is 2.55 bits per heavy atom. The van der Waals surface area contributed by atoms with Gasteiger partial charge in [-0.3, -0.25) is 9.89 Å². The van der Waals surface area contributed by atoms with E-state index in [0.29, 0.717) is 18.7 Å². The van der Waals surface area contributed by atoms with Crippen molar-refractivity contribution in [3.8, 4) is 11.5 Å². The first-order valence-electron chi connectivity index (χ1n) is 11.9. The number of hydrogen-bond acceptors (Lipinski definition) is 5. The van der Waals surface area contributed by atoms with Crippen LogP contribution in [0.5, 0.6) is 11.5 Å². The van der Waals surface area contributed by atoms with E-state index in [1.165, 1.54) is 12.8 Å². The SMILES string of the molecule is CCN1CCN(C(C)CNC(=NC)NCc2cccc(OC)c2OC2CCCC2)CC1. The van der Waals surface area contributed by atoms with Crippen LogP contribution in [-0.4, -0.2) is 81.3 Å². The van der Waals surface area contributed by atoms with E-state index in [1.807, 2.05) is 19.2 Å². The van der Waals surface area contributed by atoms with E-state index in [-0.39, 0.29) is 0 Å². The van der Waals surface area contributed by atoms with Crippen molar-refractivity contribution in [1.29, 1.82) is 0 Å². The smallest absolute Gasteiger partial charge is 0.191 e. The lowest BCUT2D eigenvalue weighted by Crippen LogP contribution is -2.53. The second-order valence-electron chi connectivity index (χ2n) is 8.60. The molecule has 1 atom stereocenters. The topological polar surface area (TPSA) is 61.4 Å². The molecule has 1 aliphatic heterocycles. The highest BCUT2D eigenvalue weighted by molar-refractivity contribution is 5.79. The molecule has 7 nitrogen and oxygen atoms in total. The first-order chi connectivity index (χ1) is 15.1. The van der Waals surface area contributed by atoms with E-state index in [2.05, 4.69) is 45.3 Å². The number of hydrogen-bond donors (Lipinski definition) is 2. The zero-order chi connectivity index (χ0) is 22.1. The highest BCUT2D eigenvalue weighted by Gasteiger charge is 2.22. The molecule has 2 fully saturated rings. The van der Waals surface area contributed by atoms with Crippen LogP contribution >= 0.6 is 0 Å². The number of piperazine rings is 1. The lowest BCUT2D eigenvalue weighted by atomic mass is 10.1. The van der Waals surface area contributed by atoms with Crippen molar-refractivity contribution < 1.29 is 9.47 Å². The molecule has 7 heteroatoms. The van der Waals surface area contributed by atoms with Crippen LogP contribution in [0.4, 0.5) is 0 Å². The molecule has 2 aliphatic rings. The Morgan fingerprint density at radius 1 is 1.16 bits per heavy atom. The molecular weight excluding hydrogens is 390 g/mol. The lowest BCUT2D eigenvalue weighted by molar-refractivity contribution is 0.107. The third-order valence-corrected chi connectivity index (χ3v) is 6.58. The molecule has 0 amide bonds. The molecule has 1 aliphatic carbocycles. The average molecular weight is 432 g/mol. The molecule has 1 aromatic carbocycles. The van der Waals surface area contributed by atoms with Gasteiger partial charge in [0.15, 0.2) is 17.5 Å². The summed E-state index contributed by atoms with van der Waals surface area (Å²) in [5, 5.41) is 6.95. The summed E-state index contributed by atoms with van der Waals surface area (Å²) >= 11 is 0. The average Bonchev–Trinajstić information content (AvgIpc) is 3.33. The molecule has 0 radical (unpaired) electrons. The summed E-state index contributed by atoms with van der Waals surface area (Å²) in [5.41, 5.74) is 1.10. The fraction of sp³-hybridized carbons (Fsp3) is 0.708. The van der Waals surface area contributed by atoms with Crippen LogP contribution in [0.15, 0.2) is 23.2 Å². The minimum absolute atomic E-state index is 0.293. The molecule has 1 heterocycles. The molecule has 0 aromatic heterocycles. The first kappa shape index (κ1) is 23.7. The summed E-state index contributed by atoms with van der Waals surface area (Å²) in [6.45, 7) is 11.8. The number of nitrogens with one attached hydrogen (secondary N) is 2. The van der Waals surface area contributed by atoms with Gasteiger partial charge in [-0.05, 0) is 45.2 Å². The Balaban J connectivity index is 1.52. The summed E-state index contributed by atoms with van der Waals surface area (Å²) in [4.78, 5) is 9.48. The Bertz CT molecular complexity index is 697. The van der Waals surface area contributed by atoms with Crippen LogP contribution in [-0.2, 0) is 6.54 Å². The van der Waals surface area contributed by atoms with E-state index < -0.39 is 0 Å². The molecule has 0 bridgehead atoms. The lowest BCUT2D eigenvalue weighted by Gasteiger charge is -2.37. The third-order valence-electron chi connectivity index (χ3n) is 6.58. The van der Waals surface area contributed by atoms with Crippen LogP contribution in [0, 0.1) is 0 Å². The molecule has 1 saturated heterocycles. The van der Waals surface area contributed by atoms with Crippen LogP contribution in [0.25, 0.3) is 0 Å². The first-order valence-corrected chi connectivity index (χ1v) is 11.9. The van der Waals surface area contributed by atoms with E-state index in [9.17, 15) is 0 Å². The van der Waals surface area contributed by atoms with Gasteiger partial charge in [-0.15, -0.1) is 0 Å². The third kappa shape index (κ3) is 6.74. The number of rotatable bonds is 9. The van der Waals surface area contributed by atoms with Gasteiger partial charge in [-0.25, -0.2) is 0 Å². The largest absolute Gasteiger partial charge is 0.493 e. The van der Waals surface area contributed by atoms with Gasteiger partial charge in [0.05, 0.1) is 13.2 Å². The standard InChI is InChI=1S/C24H41N5O2/c1-5-28-13-15-29(16-14-28)19(2)17-26-24(25-3)27-18-20-9-8-12-22(30-4)23(20)31-21-10-6-7-11-21/h8-9,12,19,21H,5-7,10-11,13-18H2,1-4H3,(H2,25,26,27). The van der Waals surface area contributed by atoms with E-state index >= 15 is 0 Å². The van der Waals surface area contributed by atoms with E-state index in [0.717, 1.165) is 75.1 Å². The Morgan fingerprint density at radius 2 is 1.90 bits per heavy atom. The minimum Gasteiger partial charge on any atom is -0.493 e. The molecular formula is C24H41N5O2. The summed E-state index contributed by atoms with van der Waals surface area (Å²) in [6, 6.07) is 6.56. The Labute approximate surface area is 188 Å². The maximum absolute atomic E-state index is 6.35. The normalized spacial score (nSPS) is 19.9. The van der Waals surface area contributed by atoms with Gasteiger partial charge < -0.3 is 25.0 Å². The maximum Gasteiger partial charge on any atom is 0.191 e. The van der Waals surface area contributed by atoms with Crippen LogP contribution in [0.1, 0.15) is 45.1 Å². The summed E-state index contributed by atoms with van der Waals surface area (Å²) < 4.78 is 11.9. The fourth-order valence-electron chi connectivity index (χ4n) is 4.46. The number of para-hydroxylation sites is 1. The number of guanidine groups is 1. The maximum atomic E-state index is 6.35. The molecule has 1 saturated carbocycles. The van der Waals surface area contributed by atoms with Crippen molar-refractivity contribution in [2.75, 3.05) is 53.4 Å². The van der Waals surface area contributed by atoms with Crippen molar-refractivity contribution >= 4 is 5.96 Å². The van der Waals surface area contributed by atoms with Crippen molar-refractivity contribution in [3.63, 3.8) is 0 Å². The molecule has 1 unspecified atom stereocenters. The number of likely N-dealkylation sites (N-methyl/N-ethyl adjacent to an activating group) is 1. The van der Waals surface area contributed by atoms with E-state index in [4.69, 9.17) is 9.47 Å². The Hall–Kier alpha value is -1.99. The van der Waals surface area contributed by atoms with Crippen molar-refractivity contribution in [1.82, 2.24) is 20.4 Å². The highest BCUT2D eigenvalue weighted by Crippen LogP contribution is 2.34. The van der Waals surface area contributed by atoms with Gasteiger partial charge in [-0.2, -0.15) is 0 Å². The molecule has 174 valence electrons. The van der Waals surface area contributed by atoms with Crippen molar-refractivity contribution in [2.45, 2.75) is 58.2 Å². The van der Waals surface area contributed by atoms with Gasteiger partial charge in [0.1, 0.15) is 0 Å². The molecule has 0 spiro atoms. The summed E-state index contributed by atoms with van der Waals surface area (Å²) in [6.07, 6.45) is 5.03. The quantitative estimate of drug-likeness (QED) is 0.463. The monoisotopic (exact) mass is 431 g/mol. The molecule has 2 N–H and O–H groups in total. The van der Waals surface area contributed by atoms with Crippen molar-refractivity contribution in [3.05, 3.63) is 23.8 Å². The minimum atomic E-state index is 0.293. The van der Waals surface area contributed by atoms with Gasteiger partial charge in [-0.1, -0.05) is 19.1 Å².